The molecule has 0 saturated heterocycles. The van der Waals surface area contributed by atoms with Crippen molar-refractivity contribution in [2.24, 2.45) is 0 Å². The third kappa shape index (κ3) is 5.18. The van der Waals surface area contributed by atoms with E-state index in [0.717, 1.165) is 11.8 Å². The predicted octanol–water partition coefficient (Wildman–Crippen LogP) is 0.732. The van der Waals surface area contributed by atoms with Gasteiger partial charge in [0.2, 0.25) is 16.9 Å². The first-order valence-corrected chi connectivity index (χ1v) is 6.57. The molecular weight excluding hydrogens is 252 g/mol. The Bertz CT molecular complexity index is 427. The molecule has 0 atom stereocenters. The Labute approximate surface area is 110 Å². The molecule has 0 fully saturated rings. The van der Waals surface area contributed by atoms with Gasteiger partial charge >= 0.3 is 0 Å². The molecular formula is C12H16N2O3S. The molecule has 0 aromatic carbocycles. The Kier molecular flexibility index (Phi) is 5.64. The van der Waals surface area contributed by atoms with Crippen molar-refractivity contribution >= 4 is 28.7 Å². The molecule has 2 N–H and O–H groups in total. The van der Waals surface area contributed by atoms with Gasteiger partial charge in [-0.15, -0.1) is 0 Å². The van der Waals surface area contributed by atoms with E-state index in [2.05, 4.69) is 10.6 Å². The Morgan fingerprint density at radius 3 is 2.78 bits per heavy atom. The highest BCUT2D eigenvalue weighted by Gasteiger charge is 2.11. The minimum absolute atomic E-state index is 0.0533. The van der Waals surface area contributed by atoms with Crippen molar-refractivity contribution in [3.63, 3.8) is 0 Å². The molecule has 5 nitrogen and oxygen atoms in total. The quantitative estimate of drug-likeness (QED) is 0.569. The Morgan fingerprint density at radius 2 is 2.22 bits per heavy atom. The second-order valence-electron chi connectivity index (χ2n) is 3.86. The van der Waals surface area contributed by atoms with Crippen molar-refractivity contribution in [3.8, 4) is 0 Å². The molecule has 1 rings (SSSR count). The van der Waals surface area contributed by atoms with Crippen LogP contribution in [-0.4, -0.2) is 29.2 Å². The lowest BCUT2D eigenvalue weighted by Crippen LogP contribution is -2.22. The van der Waals surface area contributed by atoms with Crippen molar-refractivity contribution in [3.05, 3.63) is 23.4 Å². The summed E-state index contributed by atoms with van der Waals surface area (Å²) >= 11 is 1.15. The smallest absolute Gasteiger partial charge is 0.228 e. The summed E-state index contributed by atoms with van der Waals surface area (Å²) in [7, 11) is 0. The molecule has 1 aliphatic rings. The van der Waals surface area contributed by atoms with Crippen LogP contribution in [0.25, 0.3) is 0 Å². The number of rotatable bonds is 5. The van der Waals surface area contributed by atoms with Crippen LogP contribution in [0.2, 0.25) is 0 Å². The summed E-state index contributed by atoms with van der Waals surface area (Å²) in [6.45, 7) is 3.62. The first-order chi connectivity index (χ1) is 8.49. The van der Waals surface area contributed by atoms with Crippen molar-refractivity contribution in [2.45, 2.75) is 20.3 Å². The highest BCUT2D eigenvalue weighted by atomic mass is 32.2. The van der Waals surface area contributed by atoms with Crippen LogP contribution in [0.15, 0.2) is 23.4 Å². The number of hydrogen-bond acceptors (Lipinski definition) is 4. The lowest BCUT2D eigenvalue weighted by Gasteiger charge is -2.03. The van der Waals surface area contributed by atoms with E-state index in [9.17, 15) is 14.4 Å². The molecule has 0 radical (unpaired) electrons. The van der Waals surface area contributed by atoms with E-state index in [1.807, 2.05) is 0 Å². The molecule has 0 bridgehead atoms. The molecule has 0 saturated carbocycles. The molecule has 98 valence electrons. The minimum atomic E-state index is -0.103. The van der Waals surface area contributed by atoms with Crippen LogP contribution in [0, 0.1) is 0 Å². The van der Waals surface area contributed by atoms with Gasteiger partial charge < -0.3 is 10.6 Å². The summed E-state index contributed by atoms with van der Waals surface area (Å²) in [5.74, 6) is 0.378. The van der Waals surface area contributed by atoms with Gasteiger partial charge in [-0.05, 0) is 13.0 Å². The van der Waals surface area contributed by atoms with Crippen LogP contribution in [0.4, 0.5) is 0 Å². The lowest BCUT2D eigenvalue weighted by molar-refractivity contribution is -0.119. The summed E-state index contributed by atoms with van der Waals surface area (Å²) < 4.78 is 0. The van der Waals surface area contributed by atoms with E-state index in [-0.39, 0.29) is 16.9 Å². The van der Waals surface area contributed by atoms with Gasteiger partial charge in [0.25, 0.3) is 0 Å². The van der Waals surface area contributed by atoms with Gasteiger partial charge in [-0.25, -0.2) is 0 Å². The number of carbonyl (C=O) groups is 3. The Hall–Kier alpha value is -1.56. The monoisotopic (exact) mass is 268 g/mol. The number of nitrogens with one attached hydrogen (secondary N) is 2. The number of thioether (sulfide) groups is 1. The van der Waals surface area contributed by atoms with Crippen molar-refractivity contribution < 1.29 is 14.4 Å². The molecule has 18 heavy (non-hydrogen) atoms. The molecule has 2 amide bonds. The summed E-state index contributed by atoms with van der Waals surface area (Å²) in [4.78, 5) is 33.3. The third-order valence-electron chi connectivity index (χ3n) is 2.19. The van der Waals surface area contributed by atoms with E-state index < -0.39 is 0 Å². The van der Waals surface area contributed by atoms with Crippen LogP contribution in [-0.2, 0) is 14.4 Å². The van der Waals surface area contributed by atoms with E-state index in [1.165, 1.54) is 6.92 Å². The molecule has 0 aromatic heterocycles. The summed E-state index contributed by atoms with van der Waals surface area (Å²) in [5, 5.41) is 5.21. The molecule has 1 heterocycles. The fourth-order valence-electron chi connectivity index (χ4n) is 1.34. The molecule has 6 heteroatoms. The normalized spacial score (nSPS) is 15.1. The van der Waals surface area contributed by atoms with Gasteiger partial charge in [0.15, 0.2) is 0 Å². The van der Waals surface area contributed by atoms with Crippen LogP contribution in [0.3, 0.4) is 0 Å². The molecule has 0 aliphatic carbocycles. The minimum Gasteiger partial charge on any atom is -0.356 e. The zero-order chi connectivity index (χ0) is 13.5. The fourth-order valence-corrected chi connectivity index (χ4v) is 2.01. The van der Waals surface area contributed by atoms with Gasteiger partial charge in [0.1, 0.15) is 0 Å². The van der Waals surface area contributed by atoms with Crippen molar-refractivity contribution in [1.29, 1.82) is 0 Å². The number of carbonyl (C=O) groups excluding carboxylic acids is 3. The van der Waals surface area contributed by atoms with Crippen molar-refractivity contribution in [1.82, 2.24) is 10.6 Å². The summed E-state index contributed by atoms with van der Waals surface area (Å²) in [5.41, 5.74) is 1.25. The highest BCUT2D eigenvalue weighted by Crippen LogP contribution is 2.13. The lowest BCUT2D eigenvalue weighted by atomic mass is 10.2. The zero-order valence-corrected chi connectivity index (χ0v) is 11.2. The van der Waals surface area contributed by atoms with Gasteiger partial charge in [-0.2, -0.15) is 0 Å². The number of allylic oxidation sites excluding steroid dienone is 1. The van der Waals surface area contributed by atoms with E-state index in [4.69, 9.17) is 0 Å². The fraction of sp³-hybridized carbons (Fsp3) is 0.417. The Morgan fingerprint density at radius 1 is 1.50 bits per heavy atom. The first kappa shape index (κ1) is 14.5. The van der Waals surface area contributed by atoms with Crippen LogP contribution in [0.1, 0.15) is 20.3 Å². The maximum atomic E-state index is 11.7. The standard InChI is InChI=1S/C12H16N2O3S/c1-8(7-10-3-4-11(16)14-10)12(17)18-6-5-13-9(2)15/h3,7H,4-6H2,1-2H3,(H,13,15)(H,14,16)/b8-7+. The zero-order valence-electron chi connectivity index (χ0n) is 10.4. The Balaban J connectivity index is 2.35. The van der Waals surface area contributed by atoms with E-state index in [0.29, 0.717) is 30.0 Å². The molecule has 1 aliphatic heterocycles. The van der Waals surface area contributed by atoms with Gasteiger partial charge in [-0.3, -0.25) is 14.4 Å². The maximum absolute atomic E-state index is 11.7. The van der Waals surface area contributed by atoms with Crippen LogP contribution in [0.5, 0.6) is 0 Å². The molecule has 0 spiro atoms. The van der Waals surface area contributed by atoms with E-state index in [1.54, 1.807) is 19.1 Å². The summed E-state index contributed by atoms with van der Waals surface area (Å²) in [6, 6.07) is 0. The van der Waals surface area contributed by atoms with Gasteiger partial charge in [0.05, 0.1) is 0 Å². The predicted molar refractivity (Wildman–Crippen MR) is 70.7 cm³/mol. The van der Waals surface area contributed by atoms with E-state index >= 15 is 0 Å². The number of amides is 2. The average Bonchev–Trinajstić information content (AvgIpc) is 2.69. The highest BCUT2D eigenvalue weighted by molar-refractivity contribution is 8.14. The summed E-state index contributed by atoms with van der Waals surface area (Å²) in [6.07, 6.45) is 3.78. The molecule has 0 aromatic rings. The first-order valence-electron chi connectivity index (χ1n) is 5.59. The second-order valence-corrected chi connectivity index (χ2v) is 4.93. The number of hydrogen-bond donors (Lipinski definition) is 2. The van der Waals surface area contributed by atoms with Gasteiger partial charge in [0, 0.05) is 36.9 Å². The third-order valence-corrected chi connectivity index (χ3v) is 3.19. The SMILES string of the molecule is CC(=O)NCCSC(=O)/C(C)=C/C1=CCC(=O)N1. The largest absolute Gasteiger partial charge is 0.356 e. The van der Waals surface area contributed by atoms with Gasteiger partial charge in [-0.1, -0.05) is 17.8 Å². The van der Waals surface area contributed by atoms with Crippen LogP contribution >= 0.6 is 11.8 Å². The van der Waals surface area contributed by atoms with Crippen molar-refractivity contribution in [2.75, 3.05) is 12.3 Å². The maximum Gasteiger partial charge on any atom is 0.228 e. The average molecular weight is 268 g/mol. The molecule has 0 unspecified atom stereocenters. The van der Waals surface area contributed by atoms with Crippen LogP contribution < -0.4 is 10.6 Å². The topological polar surface area (TPSA) is 75.3 Å². The second kappa shape index (κ2) is 7.00.